The second-order valence-electron chi connectivity index (χ2n) is 3.99. The summed E-state index contributed by atoms with van der Waals surface area (Å²) in [6, 6.07) is 3.06. The Morgan fingerprint density at radius 2 is 1.84 bits per heavy atom. The molecule has 0 saturated heterocycles. The van der Waals surface area contributed by atoms with Crippen molar-refractivity contribution in [3.8, 4) is 17.2 Å². The van der Waals surface area contributed by atoms with E-state index in [-0.39, 0.29) is 6.61 Å². The Morgan fingerprint density at radius 1 is 1.32 bits per heavy atom. The van der Waals surface area contributed by atoms with Crippen LogP contribution in [0.3, 0.4) is 0 Å². The maximum Gasteiger partial charge on any atom is 0.223 e. The molecular formula is C13H17NO5. The zero-order valence-corrected chi connectivity index (χ0v) is 11.1. The average molecular weight is 267 g/mol. The van der Waals surface area contributed by atoms with Gasteiger partial charge in [-0.2, -0.15) is 0 Å². The van der Waals surface area contributed by atoms with Gasteiger partial charge in [0, 0.05) is 5.56 Å². The predicted octanol–water partition coefficient (Wildman–Crippen LogP) is 1.02. The molecule has 0 saturated carbocycles. The lowest BCUT2D eigenvalue weighted by Crippen LogP contribution is -2.26. The van der Waals surface area contributed by atoms with Crippen molar-refractivity contribution in [3.63, 3.8) is 0 Å². The molecule has 0 spiro atoms. The molecule has 19 heavy (non-hydrogen) atoms. The average Bonchev–Trinajstić information content (AvgIpc) is 2.43. The predicted molar refractivity (Wildman–Crippen MR) is 68.8 cm³/mol. The number of hydrogen-bond donors (Lipinski definition) is 1. The first-order valence-electron chi connectivity index (χ1n) is 5.66. The standard InChI is InChI=1S/C13H17NO5/c1-8(13(14)16)7-19-12-10(17-2)4-9(6-15)5-11(12)18-3/h4-6,8H,7H2,1-3H3,(H2,14,16). The number of carbonyl (C=O) groups excluding carboxylic acids is 2. The van der Waals surface area contributed by atoms with E-state index in [1.165, 1.54) is 26.4 Å². The van der Waals surface area contributed by atoms with Crippen molar-refractivity contribution in [1.82, 2.24) is 0 Å². The van der Waals surface area contributed by atoms with Crippen LogP contribution in [0.5, 0.6) is 17.2 Å². The van der Waals surface area contributed by atoms with E-state index < -0.39 is 11.8 Å². The second kappa shape index (κ2) is 6.63. The third-order valence-corrected chi connectivity index (χ3v) is 2.58. The molecule has 6 heteroatoms. The monoisotopic (exact) mass is 267 g/mol. The zero-order chi connectivity index (χ0) is 14.4. The molecule has 104 valence electrons. The lowest BCUT2D eigenvalue weighted by Gasteiger charge is -2.16. The fraction of sp³-hybridized carbons (Fsp3) is 0.385. The van der Waals surface area contributed by atoms with Crippen LogP contribution < -0.4 is 19.9 Å². The van der Waals surface area contributed by atoms with Gasteiger partial charge in [-0.15, -0.1) is 0 Å². The molecule has 1 aromatic carbocycles. The Labute approximate surface area is 111 Å². The van der Waals surface area contributed by atoms with Crippen LogP contribution in [0, 0.1) is 5.92 Å². The molecule has 0 aliphatic heterocycles. The van der Waals surface area contributed by atoms with Gasteiger partial charge < -0.3 is 19.9 Å². The van der Waals surface area contributed by atoms with Gasteiger partial charge in [0.2, 0.25) is 11.7 Å². The third kappa shape index (κ3) is 3.61. The molecule has 0 heterocycles. The highest BCUT2D eigenvalue weighted by molar-refractivity contribution is 5.78. The van der Waals surface area contributed by atoms with Crippen LogP contribution >= 0.6 is 0 Å². The van der Waals surface area contributed by atoms with Crippen LogP contribution in [0.1, 0.15) is 17.3 Å². The third-order valence-electron chi connectivity index (χ3n) is 2.58. The van der Waals surface area contributed by atoms with Gasteiger partial charge in [0.15, 0.2) is 11.5 Å². The summed E-state index contributed by atoms with van der Waals surface area (Å²) in [5.74, 6) is 0.155. The van der Waals surface area contributed by atoms with Crippen molar-refractivity contribution >= 4 is 12.2 Å². The number of rotatable bonds is 7. The molecule has 2 N–H and O–H groups in total. The molecule has 1 amide bonds. The topological polar surface area (TPSA) is 87.8 Å². The van der Waals surface area contributed by atoms with E-state index in [1.54, 1.807) is 6.92 Å². The van der Waals surface area contributed by atoms with Crippen molar-refractivity contribution in [3.05, 3.63) is 17.7 Å². The van der Waals surface area contributed by atoms with E-state index in [0.717, 1.165) is 0 Å². The van der Waals surface area contributed by atoms with Crippen LogP contribution in [0.4, 0.5) is 0 Å². The summed E-state index contributed by atoms with van der Waals surface area (Å²) in [5, 5.41) is 0. The van der Waals surface area contributed by atoms with E-state index in [9.17, 15) is 9.59 Å². The molecule has 0 bridgehead atoms. The van der Waals surface area contributed by atoms with Gasteiger partial charge in [0.05, 0.1) is 26.7 Å². The first-order chi connectivity index (χ1) is 9.03. The Bertz CT molecular complexity index is 447. The van der Waals surface area contributed by atoms with Crippen LogP contribution in [-0.4, -0.2) is 33.0 Å². The van der Waals surface area contributed by atoms with Crippen molar-refractivity contribution in [1.29, 1.82) is 0 Å². The summed E-state index contributed by atoms with van der Waals surface area (Å²) in [6.07, 6.45) is 0.681. The van der Waals surface area contributed by atoms with Gasteiger partial charge in [-0.3, -0.25) is 9.59 Å². The Balaban J connectivity index is 3.03. The number of aldehydes is 1. The lowest BCUT2D eigenvalue weighted by molar-refractivity contribution is -0.122. The lowest BCUT2D eigenvalue weighted by atomic mass is 10.2. The van der Waals surface area contributed by atoms with Crippen molar-refractivity contribution in [2.45, 2.75) is 6.92 Å². The van der Waals surface area contributed by atoms with Gasteiger partial charge in [0.1, 0.15) is 6.29 Å². The summed E-state index contributed by atoms with van der Waals surface area (Å²) in [7, 11) is 2.90. The van der Waals surface area contributed by atoms with Crippen LogP contribution in [-0.2, 0) is 4.79 Å². The largest absolute Gasteiger partial charge is 0.493 e. The van der Waals surface area contributed by atoms with Gasteiger partial charge >= 0.3 is 0 Å². The Hall–Kier alpha value is -2.24. The molecular weight excluding hydrogens is 250 g/mol. The van der Waals surface area contributed by atoms with E-state index >= 15 is 0 Å². The molecule has 1 aromatic rings. The molecule has 0 radical (unpaired) electrons. The molecule has 6 nitrogen and oxygen atoms in total. The van der Waals surface area contributed by atoms with Crippen LogP contribution in [0.2, 0.25) is 0 Å². The highest BCUT2D eigenvalue weighted by atomic mass is 16.5. The number of primary amides is 1. The SMILES string of the molecule is COc1cc(C=O)cc(OC)c1OCC(C)C(N)=O. The number of methoxy groups -OCH3 is 2. The van der Waals surface area contributed by atoms with E-state index in [4.69, 9.17) is 19.9 Å². The van der Waals surface area contributed by atoms with Crippen LogP contribution in [0.15, 0.2) is 12.1 Å². The highest BCUT2D eigenvalue weighted by Gasteiger charge is 2.17. The Kier molecular flexibility index (Phi) is 5.17. The second-order valence-corrected chi connectivity index (χ2v) is 3.99. The smallest absolute Gasteiger partial charge is 0.223 e. The first kappa shape index (κ1) is 14.8. The minimum absolute atomic E-state index is 0.0997. The number of ether oxygens (including phenoxy) is 3. The minimum Gasteiger partial charge on any atom is -0.493 e. The minimum atomic E-state index is -0.456. The quantitative estimate of drug-likeness (QED) is 0.745. The number of benzene rings is 1. The molecule has 0 aliphatic rings. The summed E-state index contributed by atoms with van der Waals surface area (Å²) in [5.41, 5.74) is 5.57. The van der Waals surface area contributed by atoms with E-state index in [2.05, 4.69) is 0 Å². The molecule has 1 rings (SSSR count). The summed E-state index contributed by atoms with van der Waals surface area (Å²) < 4.78 is 15.8. The number of hydrogen-bond acceptors (Lipinski definition) is 5. The van der Waals surface area contributed by atoms with Crippen molar-refractivity contribution < 1.29 is 23.8 Å². The van der Waals surface area contributed by atoms with E-state index in [1.807, 2.05) is 0 Å². The maximum absolute atomic E-state index is 11.0. The fourth-order valence-corrected chi connectivity index (χ4v) is 1.40. The van der Waals surface area contributed by atoms with Crippen LogP contribution in [0.25, 0.3) is 0 Å². The highest BCUT2D eigenvalue weighted by Crippen LogP contribution is 2.38. The van der Waals surface area contributed by atoms with E-state index in [0.29, 0.717) is 29.1 Å². The fourth-order valence-electron chi connectivity index (χ4n) is 1.40. The maximum atomic E-state index is 11.0. The molecule has 0 fully saturated rings. The summed E-state index contributed by atoms with van der Waals surface area (Å²) in [4.78, 5) is 21.8. The van der Waals surface area contributed by atoms with Crippen molar-refractivity contribution in [2.24, 2.45) is 11.7 Å². The van der Waals surface area contributed by atoms with Gasteiger partial charge in [-0.05, 0) is 12.1 Å². The van der Waals surface area contributed by atoms with Gasteiger partial charge in [-0.1, -0.05) is 6.92 Å². The number of carbonyl (C=O) groups is 2. The first-order valence-corrected chi connectivity index (χ1v) is 5.66. The zero-order valence-electron chi connectivity index (χ0n) is 11.1. The molecule has 0 aliphatic carbocycles. The summed E-state index contributed by atoms with van der Waals surface area (Å²) >= 11 is 0. The number of nitrogens with two attached hydrogens (primary N) is 1. The molecule has 1 unspecified atom stereocenters. The molecule has 1 atom stereocenters. The summed E-state index contributed by atoms with van der Waals surface area (Å²) in [6.45, 7) is 1.75. The Morgan fingerprint density at radius 3 is 2.21 bits per heavy atom. The van der Waals surface area contributed by atoms with Gasteiger partial charge in [-0.25, -0.2) is 0 Å². The molecule has 0 aromatic heterocycles. The normalized spacial score (nSPS) is 11.5. The van der Waals surface area contributed by atoms with Crippen molar-refractivity contribution in [2.75, 3.05) is 20.8 Å². The number of amides is 1. The van der Waals surface area contributed by atoms with Gasteiger partial charge in [0.25, 0.3) is 0 Å².